The molecule has 1 aromatic heterocycles. The summed E-state index contributed by atoms with van der Waals surface area (Å²) in [6.07, 6.45) is 3.59. The molecule has 0 unspecified atom stereocenters. The lowest BCUT2D eigenvalue weighted by Crippen LogP contribution is -2.11. The van der Waals surface area contributed by atoms with Gasteiger partial charge in [0.1, 0.15) is 0 Å². The predicted octanol–water partition coefficient (Wildman–Crippen LogP) is 3.68. The van der Waals surface area contributed by atoms with Crippen molar-refractivity contribution in [1.29, 1.82) is 0 Å². The first kappa shape index (κ1) is 10.9. The van der Waals surface area contributed by atoms with Crippen molar-refractivity contribution in [3.63, 3.8) is 0 Å². The number of benzene rings is 1. The van der Waals surface area contributed by atoms with Gasteiger partial charge in [-0.2, -0.15) is 0 Å². The van der Waals surface area contributed by atoms with Gasteiger partial charge in [-0.05, 0) is 29.5 Å². The fraction of sp³-hybridized carbons (Fsp3) is 0.357. The molecule has 1 aromatic carbocycles. The van der Waals surface area contributed by atoms with E-state index < -0.39 is 0 Å². The number of aryl methyl sites for hydroxylation is 1. The zero-order chi connectivity index (χ0) is 11.8. The van der Waals surface area contributed by atoms with Gasteiger partial charge in [-0.15, -0.1) is 0 Å². The van der Waals surface area contributed by atoms with Gasteiger partial charge in [0.25, 0.3) is 0 Å². The van der Waals surface area contributed by atoms with Gasteiger partial charge >= 0.3 is 0 Å². The van der Waals surface area contributed by atoms with Crippen LogP contribution < -0.4 is 0 Å². The Labute approximate surface area is 96.7 Å². The maximum Gasteiger partial charge on any atom is 0.0924 e. The Balaban J connectivity index is 2.54. The smallest absolute Gasteiger partial charge is 0.0924 e. The van der Waals surface area contributed by atoms with Gasteiger partial charge in [-0.25, -0.2) is 4.98 Å². The van der Waals surface area contributed by atoms with Crippen molar-refractivity contribution < 1.29 is 0 Å². The molecule has 2 aromatic rings. The summed E-state index contributed by atoms with van der Waals surface area (Å²) in [4.78, 5) is 7.24. The first-order valence-electron chi connectivity index (χ1n) is 5.58. The molecule has 0 fully saturated rings. The van der Waals surface area contributed by atoms with E-state index in [9.17, 15) is 0 Å². The number of nitrogens with one attached hydrogen (secondary N) is 1. The fourth-order valence-electron chi connectivity index (χ4n) is 1.78. The number of rotatable bonds is 1. The number of hydrogen-bond donors (Lipinski definition) is 1. The molecule has 2 heteroatoms. The van der Waals surface area contributed by atoms with Crippen molar-refractivity contribution in [2.75, 3.05) is 0 Å². The molecule has 84 valence electrons. The Morgan fingerprint density at radius 2 is 1.94 bits per heavy atom. The Morgan fingerprint density at radius 3 is 2.50 bits per heavy atom. The van der Waals surface area contributed by atoms with Crippen LogP contribution in [-0.2, 0) is 5.41 Å². The lowest BCUT2D eigenvalue weighted by Gasteiger charge is -2.20. The van der Waals surface area contributed by atoms with Crippen molar-refractivity contribution in [2.45, 2.75) is 33.1 Å². The van der Waals surface area contributed by atoms with Crippen LogP contribution in [-0.4, -0.2) is 9.97 Å². The van der Waals surface area contributed by atoms with Crippen molar-refractivity contribution >= 4 is 0 Å². The summed E-state index contributed by atoms with van der Waals surface area (Å²) in [6.45, 7) is 8.82. The number of imidazole rings is 1. The van der Waals surface area contributed by atoms with Crippen LogP contribution in [0.15, 0.2) is 30.7 Å². The number of aromatic nitrogens is 2. The summed E-state index contributed by atoms with van der Waals surface area (Å²) < 4.78 is 0. The highest BCUT2D eigenvalue weighted by molar-refractivity contribution is 5.64. The molecule has 2 nitrogen and oxygen atoms in total. The quantitative estimate of drug-likeness (QED) is 0.770. The monoisotopic (exact) mass is 214 g/mol. The molecule has 0 amide bonds. The number of nitrogens with zero attached hydrogens (tertiary/aromatic N) is 1. The molecule has 2 rings (SSSR count). The van der Waals surface area contributed by atoms with Crippen LogP contribution in [0.4, 0.5) is 0 Å². The average molecular weight is 214 g/mol. The standard InChI is InChI=1S/C14H18N2/c1-10-5-6-11(14(2,3)4)7-12(10)13-8-15-9-16-13/h5-9H,1-4H3,(H,15,16). The topological polar surface area (TPSA) is 28.7 Å². The van der Waals surface area contributed by atoms with E-state index in [2.05, 4.69) is 55.9 Å². The van der Waals surface area contributed by atoms with E-state index in [4.69, 9.17) is 0 Å². The highest BCUT2D eigenvalue weighted by Gasteiger charge is 2.15. The summed E-state index contributed by atoms with van der Waals surface area (Å²) in [7, 11) is 0. The van der Waals surface area contributed by atoms with E-state index in [1.165, 1.54) is 16.7 Å². The normalized spacial score (nSPS) is 11.8. The molecule has 0 atom stereocenters. The minimum Gasteiger partial charge on any atom is -0.345 e. The molecular formula is C14H18N2. The van der Waals surface area contributed by atoms with Crippen LogP contribution in [0.25, 0.3) is 11.3 Å². The zero-order valence-corrected chi connectivity index (χ0v) is 10.3. The molecular weight excluding hydrogens is 196 g/mol. The van der Waals surface area contributed by atoms with Crippen molar-refractivity contribution in [3.8, 4) is 11.3 Å². The van der Waals surface area contributed by atoms with Gasteiger partial charge in [-0.3, -0.25) is 0 Å². The van der Waals surface area contributed by atoms with Gasteiger partial charge in [0.15, 0.2) is 0 Å². The lowest BCUT2D eigenvalue weighted by atomic mass is 9.85. The molecule has 0 saturated heterocycles. The van der Waals surface area contributed by atoms with Gasteiger partial charge in [-0.1, -0.05) is 32.9 Å². The van der Waals surface area contributed by atoms with Crippen molar-refractivity contribution in [1.82, 2.24) is 9.97 Å². The highest BCUT2D eigenvalue weighted by Crippen LogP contribution is 2.28. The molecule has 0 aliphatic carbocycles. The summed E-state index contributed by atoms with van der Waals surface area (Å²) in [5.41, 5.74) is 5.14. The van der Waals surface area contributed by atoms with E-state index in [0.29, 0.717) is 0 Å². The molecule has 0 aliphatic heterocycles. The van der Waals surface area contributed by atoms with E-state index in [-0.39, 0.29) is 5.41 Å². The fourth-order valence-corrected chi connectivity index (χ4v) is 1.78. The van der Waals surface area contributed by atoms with Crippen LogP contribution in [0.1, 0.15) is 31.9 Å². The summed E-state index contributed by atoms with van der Waals surface area (Å²) in [5.74, 6) is 0. The van der Waals surface area contributed by atoms with Gasteiger partial charge in [0.05, 0.1) is 18.2 Å². The second-order valence-corrected chi connectivity index (χ2v) is 5.24. The molecule has 0 radical (unpaired) electrons. The Bertz CT molecular complexity index is 476. The molecule has 16 heavy (non-hydrogen) atoms. The van der Waals surface area contributed by atoms with E-state index in [1.54, 1.807) is 6.33 Å². The van der Waals surface area contributed by atoms with Crippen LogP contribution >= 0.6 is 0 Å². The Kier molecular flexibility index (Phi) is 2.58. The average Bonchev–Trinajstić information content (AvgIpc) is 2.69. The Morgan fingerprint density at radius 1 is 1.19 bits per heavy atom. The molecule has 0 spiro atoms. The Hall–Kier alpha value is -1.57. The van der Waals surface area contributed by atoms with E-state index in [1.807, 2.05) is 6.20 Å². The van der Waals surface area contributed by atoms with E-state index >= 15 is 0 Å². The van der Waals surface area contributed by atoms with Crippen molar-refractivity contribution in [2.24, 2.45) is 0 Å². The first-order valence-corrected chi connectivity index (χ1v) is 5.58. The lowest BCUT2D eigenvalue weighted by molar-refractivity contribution is 0.590. The van der Waals surface area contributed by atoms with Crippen LogP contribution in [0, 0.1) is 6.92 Å². The van der Waals surface area contributed by atoms with Crippen LogP contribution in [0.3, 0.4) is 0 Å². The highest BCUT2D eigenvalue weighted by atomic mass is 14.9. The summed E-state index contributed by atoms with van der Waals surface area (Å²) in [5, 5.41) is 0. The summed E-state index contributed by atoms with van der Waals surface area (Å²) >= 11 is 0. The molecule has 0 bridgehead atoms. The summed E-state index contributed by atoms with van der Waals surface area (Å²) in [6, 6.07) is 6.63. The third-order valence-corrected chi connectivity index (χ3v) is 2.89. The minimum atomic E-state index is 0.183. The van der Waals surface area contributed by atoms with E-state index in [0.717, 1.165) is 5.69 Å². The second kappa shape index (κ2) is 3.78. The number of aromatic amines is 1. The SMILES string of the molecule is Cc1ccc(C(C)(C)C)cc1-c1cnc[nH]1. The van der Waals surface area contributed by atoms with Gasteiger partial charge in [0, 0.05) is 5.56 Å². The minimum absolute atomic E-state index is 0.183. The molecule has 0 saturated carbocycles. The maximum atomic E-state index is 4.08. The van der Waals surface area contributed by atoms with Crippen LogP contribution in [0.5, 0.6) is 0 Å². The largest absolute Gasteiger partial charge is 0.345 e. The molecule has 1 heterocycles. The first-order chi connectivity index (χ1) is 7.48. The van der Waals surface area contributed by atoms with Crippen LogP contribution in [0.2, 0.25) is 0 Å². The molecule has 0 aliphatic rings. The number of H-pyrrole nitrogens is 1. The maximum absolute atomic E-state index is 4.08. The third-order valence-electron chi connectivity index (χ3n) is 2.89. The third kappa shape index (κ3) is 2.01. The number of hydrogen-bond acceptors (Lipinski definition) is 1. The van der Waals surface area contributed by atoms with Crippen molar-refractivity contribution in [3.05, 3.63) is 41.9 Å². The second-order valence-electron chi connectivity index (χ2n) is 5.24. The predicted molar refractivity (Wildman–Crippen MR) is 67.5 cm³/mol. The zero-order valence-electron chi connectivity index (χ0n) is 10.3. The van der Waals surface area contributed by atoms with Gasteiger partial charge in [0.2, 0.25) is 0 Å². The van der Waals surface area contributed by atoms with Gasteiger partial charge < -0.3 is 4.98 Å². The molecule has 1 N–H and O–H groups in total.